The lowest BCUT2D eigenvalue weighted by Crippen LogP contribution is -2.25. The number of rotatable bonds is 5. The van der Waals surface area contributed by atoms with Gasteiger partial charge in [-0.3, -0.25) is 0 Å². The highest BCUT2D eigenvalue weighted by Gasteiger charge is 2.11. The molecule has 5 heteroatoms. The molecule has 0 heterocycles. The van der Waals surface area contributed by atoms with Gasteiger partial charge in [-0.25, -0.2) is 8.42 Å². The highest BCUT2D eigenvalue weighted by atomic mass is 35.5. The van der Waals surface area contributed by atoms with E-state index in [-0.39, 0.29) is 5.88 Å². The number of hydrogen-bond donors (Lipinski definition) is 1. The van der Waals surface area contributed by atoms with Crippen LogP contribution in [0.3, 0.4) is 0 Å². The fraction of sp³-hybridized carbons (Fsp3) is 0.143. The fourth-order valence-electron chi connectivity index (χ4n) is 1.80. The van der Waals surface area contributed by atoms with Gasteiger partial charge in [0, 0.05) is 6.54 Å². The second-order valence-corrected chi connectivity index (χ2v) is 5.39. The first-order chi connectivity index (χ1) is 9.16. The molecule has 0 aromatic heterocycles. The van der Waals surface area contributed by atoms with Crippen molar-refractivity contribution >= 4 is 28.0 Å². The average molecular weight is 295 g/mol. The van der Waals surface area contributed by atoms with Crippen LogP contribution in [0.15, 0.2) is 48.5 Å². The van der Waals surface area contributed by atoms with Crippen LogP contribution < -0.4 is 4.90 Å². The molecule has 2 rings (SSSR count). The Hall–Kier alpha value is -1.52. The number of halogens is 1. The topological polar surface area (TPSA) is 37.4 Å². The molecule has 0 bridgehead atoms. The van der Waals surface area contributed by atoms with Gasteiger partial charge in [-0.15, -0.1) is 0 Å². The SMILES string of the molecule is O=[SH](=O)CN(Cc1ccccc1)c1c[c]ccc1Cl. The third-order valence-corrected chi connectivity index (χ3v) is 3.53. The van der Waals surface area contributed by atoms with Crippen molar-refractivity contribution in [1.82, 2.24) is 0 Å². The molecule has 0 aliphatic carbocycles. The minimum Gasteiger partial charge on any atom is -0.352 e. The van der Waals surface area contributed by atoms with Gasteiger partial charge in [0.2, 0.25) is 0 Å². The van der Waals surface area contributed by atoms with Crippen molar-refractivity contribution in [3.8, 4) is 0 Å². The maximum Gasteiger partial charge on any atom is 0.158 e. The van der Waals surface area contributed by atoms with E-state index in [0.29, 0.717) is 17.3 Å². The molecule has 0 aliphatic heterocycles. The Morgan fingerprint density at radius 2 is 1.89 bits per heavy atom. The van der Waals surface area contributed by atoms with Gasteiger partial charge in [-0.05, 0) is 23.8 Å². The van der Waals surface area contributed by atoms with Crippen molar-refractivity contribution in [1.29, 1.82) is 0 Å². The van der Waals surface area contributed by atoms with E-state index in [0.717, 1.165) is 5.56 Å². The molecule has 0 aliphatic rings. The van der Waals surface area contributed by atoms with Gasteiger partial charge in [0.1, 0.15) is 5.88 Å². The smallest absolute Gasteiger partial charge is 0.158 e. The largest absolute Gasteiger partial charge is 0.352 e. The Balaban J connectivity index is 2.29. The quantitative estimate of drug-likeness (QED) is 0.862. The Kier molecular flexibility index (Phi) is 4.82. The van der Waals surface area contributed by atoms with Crippen molar-refractivity contribution in [2.45, 2.75) is 6.54 Å². The van der Waals surface area contributed by atoms with E-state index in [1.165, 1.54) is 0 Å². The molecule has 3 nitrogen and oxygen atoms in total. The lowest BCUT2D eigenvalue weighted by molar-refractivity contribution is 0.611. The molecule has 1 radical (unpaired) electrons. The molecule has 0 amide bonds. The molecule has 0 spiro atoms. The Morgan fingerprint density at radius 3 is 2.53 bits per heavy atom. The van der Waals surface area contributed by atoms with Gasteiger partial charge >= 0.3 is 0 Å². The molecule has 0 saturated carbocycles. The second kappa shape index (κ2) is 6.59. The summed E-state index contributed by atoms with van der Waals surface area (Å²) in [4.78, 5) is 1.72. The van der Waals surface area contributed by atoms with Crippen LogP contribution in [0.1, 0.15) is 5.56 Å². The highest BCUT2D eigenvalue weighted by Crippen LogP contribution is 2.26. The minimum absolute atomic E-state index is 0.0677. The van der Waals surface area contributed by atoms with Crippen LogP contribution in [0.5, 0.6) is 0 Å². The van der Waals surface area contributed by atoms with Gasteiger partial charge in [-0.1, -0.05) is 48.0 Å². The van der Waals surface area contributed by atoms with Crippen LogP contribution in [0, 0.1) is 6.07 Å². The minimum atomic E-state index is -2.52. The zero-order chi connectivity index (χ0) is 13.7. The maximum absolute atomic E-state index is 11.0. The van der Waals surface area contributed by atoms with E-state index in [4.69, 9.17) is 11.6 Å². The van der Waals surface area contributed by atoms with Crippen LogP contribution in [0.2, 0.25) is 5.02 Å². The summed E-state index contributed by atoms with van der Waals surface area (Å²) in [6, 6.07) is 17.7. The predicted molar refractivity (Wildman–Crippen MR) is 78.1 cm³/mol. The van der Waals surface area contributed by atoms with E-state index < -0.39 is 10.7 Å². The molecule has 0 saturated heterocycles. The fourth-order valence-corrected chi connectivity index (χ4v) is 2.57. The zero-order valence-electron chi connectivity index (χ0n) is 10.1. The molecule has 0 fully saturated rings. The van der Waals surface area contributed by atoms with Crippen molar-refractivity contribution in [3.05, 3.63) is 65.2 Å². The maximum atomic E-state index is 11.0. The number of benzene rings is 2. The van der Waals surface area contributed by atoms with Gasteiger partial charge in [0.05, 0.1) is 10.7 Å². The summed E-state index contributed by atoms with van der Waals surface area (Å²) in [7, 11) is -2.52. The Labute approximate surface area is 119 Å². The van der Waals surface area contributed by atoms with Crippen LogP contribution in [0.4, 0.5) is 5.69 Å². The highest BCUT2D eigenvalue weighted by molar-refractivity contribution is 7.72. The van der Waals surface area contributed by atoms with Gasteiger partial charge in [0.15, 0.2) is 10.7 Å². The van der Waals surface area contributed by atoms with Crippen molar-refractivity contribution < 1.29 is 8.42 Å². The third-order valence-electron chi connectivity index (χ3n) is 2.63. The van der Waals surface area contributed by atoms with Crippen LogP contribution >= 0.6 is 11.6 Å². The summed E-state index contributed by atoms with van der Waals surface area (Å²) in [5, 5.41) is 0.520. The third kappa shape index (κ3) is 3.98. The second-order valence-electron chi connectivity index (χ2n) is 4.04. The van der Waals surface area contributed by atoms with Crippen molar-refractivity contribution in [2.24, 2.45) is 0 Å². The van der Waals surface area contributed by atoms with Gasteiger partial charge in [0.25, 0.3) is 0 Å². The van der Waals surface area contributed by atoms with E-state index in [2.05, 4.69) is 6.07 Å². The molecule has 19 heavy (non-hydrogen) atoms. The molecular weight excluding hydrogens is 282 g/mol. The number of anilines is 1. The standard InChI is InChI=1S/C14H13ClNO2S/c15-13-8-4-5-9-14(13)16(11-19(17)18)10-12-6-2-1-3-7-12/h1-4,6-9,19H,10-11H2. The monoisotopic (exact) mass is 294 g/mol. The molecule has 2 aromatic rings. The summed E-state index contributed by atoms with van der Waals surface area (Å²) >= 11 is 6.11. The lowest BCUT2D eigenvalue weighted by Gasteiger charge is -2.23. The summed E-state index contributed by atoms with van der Waals surface area (Å²) in [6.45, 7) is 0.488. The van der Waals surface area contributed by atoms with Crippen molar-refractivity contribution in [2.75, 3.05) is 10.8 Å². The number of thiol groups is 1. The van der Waals surface area contributed by atoms with E-state index in [1.54, 1.807) is 23.1 Å². The molecular formula is C14H13ClNO2S. The number of nitrogens with zero attached hydrogens (tertiary/aromatic N) is 1. The lowest BCUT2D eigenvalue weighted by atomic mass is 10.2. The normalized spacial score (nSPS) is 10.6. The molecule has 99 valence electrons. The zero-order valence-corrected chi connectivity index (χ0v) is 11.8. The first kappa shape index (κ1) is 13.9. The number of hydrogen-bond acceptors (Lipinski definition) is 3. The molecule has 0 atom stereocenters. The van der Waals surface area contributed by atoms with E-state index >= 15 is 0 Å². The summed E-state index contributed by atoms with van der Waals surface area (Å²) in [6.07, 6.45) is 0. The van der Waals surface area contributed by atoms with Crippen LogP contribution in [-0.2, 0) is 17.2 Å². The van der Waals surface area contributed by atoms with E-state index in [9.17, 15) is 8.42 Å². The molecule has 0 unspecified atom stereocenters. The molecule has 2 aromatic carbocycles. The summed E-state index contributed by atoms with van der Waals surface area (Å²) in [5.41, 5.74) is 1.70. The van der Waals surface area contributed by atoms with Crippen molar-refractivity contribution in [3.63, 3.8) is 0 Å². The van der Waals surface area contributed by atoms with Gasteiger partial charge < -0.3 is 4.90 Å². The van der Waals surface area contributed by atoms with Gasteiger partial charge in [-0.2, -0.15) is 0 Å². The van der Waals surface area contributed by atoms with E-state index in [1.807, 2.05) is 30.3 Å². The Bertz CT molecular complexity index is 606. The predicted octanol–water partition coefficient (Wildman–Crippen LogP) is 2.72. The Morgan fingerprint density at radius 1 is 1.16 bits per heavy atom. The summed E-state index contributed by atoms with van der Waals surface area (Å²) in [5.74, 6) is -0.0677. The first-order valence-corrected chi connectivity index (χ1v) is 7.47. The van der Waals surface area contributed by atoms with Crippen LogP contribution in [0.25, 0.3) is 0 Å². The molecule has 0 N–H and O–H groups in total. The first-order valence-electron chi connectivity index (χ1n) is 5.73. The average Bonchev–Trinajstić information content (AvgIpc) is 2.39. The summed E-state index contributed by atoms with van der Waals surface area (Å²) < 4.78 is 22.1. The van der Waals surface area contributed by atoms with Crippen LogP contribution in [-0.4, -0.2) is 14.3 Å².